The van der Waals surface area contributed by atoms with Crippen molar-refractivity contribution in [3.63, 3.8) is 0 Å². The summed E-state index contributed by atoms with van der Waals surface area (Å²) in [6.45, 7) is 2.86. The van der Waals surface area contributed by atoms with Crippen molar-refractivity contribution in [1.29, 1.82) is 0 Å². The summed E-state index contributed by atoms with van der Waals surface area (Å²) in [6.07, 6.45) is 5.73. The molecule has 0 saturated carbocycles. The van der Waals surface area contributed by atoms with E-state index in [1.54, 1.807) is 19.5 Å². The van der Waals surface area contributed by atoms with E-state index in [-0.39, 0.29) is 0 Å². The van der Waals surface area contributed by atoms with Crippen LogP contribution in [0, 0.1) is 0 Å². The molecule has 0 bridgehead atoms. The van der Waals surface area contributed by atoms with Crippen molar-refractivity contribution in [2.45, 2.75) is 25.4 Å². The van der Waals surface area contributed by atoms with Crippen LogP contribution in [0.5, 0.6) is 5.75 Å². The molecule has 1 fully saturated rings. The Balaban J connectivity index is 1.53. The number of piperidine rings is 1. The number of hydrogen-bond donors (Lipinski definition) is 2. The lowest BCUT2D eigenvalue weighted by Crippen LogP contribution is -2.42. The number of para-hydroxylation sites is 2. The van der Waals surface area contributed by atoms with Gasteiger partial charge >= 0.3 is 0 Å². The van der Waals surface area contributed by atoms with E-state index in [1.165, 1.54) is 5.69 Å². The molecule has 5 heteroatoms. The van der Waals surface area contributed by atoms with Crippen LogP contribution in [0.2, 0.25) is 0 Å². The Morgan fingerprint density at radius 2 is 2.04 bits per heavy atom. The third-order valence-corrected chi connectivity index (χ3v) is 4.45. The number of nitrogens with one attached hydrogen (secondary N) is 1. The molecule has 0 aliphatic carbocycles. The summed E-state index contributed by atoms with van der Waals surface area (Å²) in [5.74, 6) is 0.948. The molecule has 3 rings (SSSR count). The summed E-state index contributed by atoms with van der Waals surface area (Å²) >= 11 is 0. The Bertz CT molecular complexity index is 638. The van der Waals surface area contributed by atoms with Crippen LogP contribution in [-0.2, 0) is 6.54 Å². The molecular weight excluding hydrogens is 288 g/mol. The van der Waals surface area contributed by atoms with Gasteiger partial charge in [0.25, 0.3) is 0 Å². The zero-order valence-corrected chi connectivity index (χ0v) is 13.5. The average Bonchev–Trinajstić information content (AvgIpc) is 2.61. The topological polar surface area (TPSA) is 63.4 Å². The van der Waals surface area contributed by atoms with Gasteiger partial charge in [0.1, 0.15) is 5.75 Å². The number of aromatic nitrogens is 1. The van der Waals surface area contributed by atoms with E-state index < -0.39 is 0 Å². The predicted octanol–water partition coefficient (Wildman–Crippen LogP) is 2.43. The molecule has 0 amide bonds. The maximum Gasteiger partial charge on any atom is 0.142 e. The Kier molecular flexibility index (Phi) is 4.98. The molecule has 0 radical (unpaired) electrons. The fourth-order valence-electron chi connectivity index (χ4n) is 3.07. The third kappa shape index (κ3) is 3.74. The molecule has 2 heterocycles. The first-order valence-corrected chi connectivity index (χ1v) is 8.07. The number of rotatable bonds is 5. The second-order valence-corrected chi connectivity index (χ2v) is 5.89. The number of nitrogens with two attached hydrogens (primary N) is 1. The molecule has 23 heavy (non-hydrogen) atoms. The van der Waals surface area contributed by atoms with Crippen molar-refractivity contribution < 1.29 is 4.74 Å². The SMILES string of the molecule is COc1ccccc1N1CCC(NCc2ccncc2N)CC1. The predicted molar refractivity (Wildman–Crippen MR) is 93.7 cm³/mol. The number of anilines is 2. The summed E-state index contributed by atoms with van der Waals surface area (Å²) in [7, 11) is 1.73. The fourth-order valence-corrected chi connectivity index (χ4v) is 3.07. The number of nitrogens with zero attached hydrogens (tertiary/aromatic N) is 2. The summed E-state index contributed by atoms with van der Waals surface area (Å²) in [4.78, 5) is 6.43. The van der Waals surface area contributed by atoms with Crippen molar-refractivity contribution in [2.75, 3.05) is 30.8 Å². The van der Waals surface area contributed by atoms with Gasteiger partial charge in [-0.25, -0.2) is 0 Å². The molecule has 2 aromatic rings. The van der Waals surface area contributed by atoms with Crippen molar-refractivity contribution >= 4 is 11.4 Å². The van der Waals surface area contributed by atoms with Gasteiger partial charge in [-0.2, -0.15) is 0 Å². The standard InChI is InChI=1S/C18H24N4O/c1-23-18-5-3-2-4-17(18)22-10-7-15(8-11-22)21-12-14-6-9-20-13-16(14)19/h2-6,9,13,15,21H,7-8,10-12,19H2,1H3. The Hall–Kier alpha value is -2.27. The average molecular weight is 312 g/mol. The van der Waals surface area contributed by atoms with E-state index in [0.717, 1.165) is 49.5 Å². The van der Waals surface area contributed by atoms with Crippen LogP contribution >= 0.6 is 0 Å². The van der Waals surface area contributed by atoms with Gasteiger partial charge in [-0.1, -0.05) is 12.1 Å². The smallest absolute Gasteiger partial charge is 0.142 e. The first-order valence-electron chi connectivity index (χ1n) is 8.07. The van der Waals surface area contributed by atoms with Crippen LogP contribution in [0.3, 0.4) is 0 Å². The molecule has 1 saturated heterocycles. The zero-order valence-electron chi connectivity index (χ0n) is 13.5. The molecular formula is C18H24N4O. The van der Waals surface area contributed by atoms with Crippen molar-refractivity contribution in [3.05, 3.63) is 48.3 Å². The number of nitrogen functional groups attached to an aromatic ring is 1. The molecule has 122 valence electrons. The Morgan fingerprint density at radius 1 is 1.26 bits per heavy atom. The molecule has 1 aromatic carbocycles. The first kappa shape index (κ1) is 15.6. The lowest BCUT2D eigenvalue weighted by Gasteiger charge is -2.34. The second kappa shape index (κ2) is 7.33. The number of benzene rings is 1. The second-order valence-electron chi connectivity index (χ2n) is 5.89. The van der Waals surface area contributed by atoms with Gasteiger partial charge in [0, 0.05) is 31.9 Å². The fraction of sp³-hybridized carbons (Fsp3) is 0.389. The highest BCUT2D eigenvalue weighted by molar-refractivity contribution is 5.58. The minimum absolute atomic E-state index is 0.522. The first-order chi connectivity index (χ1) is 11.3. The van der Waals surface area contributed by atoms with Crippen molar-refractivity contribution in [2.24, 2.45) is 0 Å². The van der Waals surface area contributed by atoms with Crippen LogP contribution in [0.4, 0.5) is 11.4 Å². The number of ether oxygens (including phenoxy) is 1. The van der Waals surface area contributed by atoms with Crippen LogP contribution in [-0.4, -0.2) is 31.2 Å². The minimum atomic E-state index is 0.522. The molecule has 0 unspecified atom stereocenters. The van der Waals surface area contributed by atoms with E-state index in [9.17, 15) is 0 Å². The molecule has 0 atom stereocenters. The minimum Gasteiger partial charge on any atom is -0.495 e. The Labute approximate surface area is 137 Å². The molecule has 1 aromatic heterocycles. The van der Waals surface area contributed by atoms with E-state index in [4.69, 9.17) is 10.5 Å². The number of hydrogen-bond acceptors (Lipinski definition) is 5. The van der Waals surface area contributed by atoms with E-state index in [1.807, 2.05) is 18.2 Å². The van der Waals surface area contributed by atoms with Gasteiger partial charge in [0.2, 0.25) is 0 Å². The van der Waals surface area contributed by atoms with Crippen LogP contribution in [0.25, 0.3) is 0 Å². The highest BCUT2D eigenvalue weighted by Gasteiger charge is 2.21. The lowest BCUT2D eigenvalue weighted by molar-refractivity contribution is 0.397. The normalized spacial score (nSPS) is 15.6. The van der Waals surface area contributed by atoms with Gasteiger partial charge in [-0.3, -0.25) is 4.98 Å². The molecule has 0 spiro atoms. The van der Waals surface area contributed by atoms with Crippen LogP contribution in [0.1, 0.15) is 18.4 Å². The Morgan fingerprint density at radius 3 is 2.78 bits per heavy atom. The largest absolute Gasteiger partial charge is 0.495 e. The highest BCUT2D eigenvalue weighted by Crippen LogP contribution is 2.29. The summed E-state index contributed by atoms with van der Waals surface area (Å²) < 4.78 is 5.47. The third-order valence-electron chi connectivity index (χ3n) is 4.45. The highest BCUT2D eigenvalue weighted by atomic mass is 16.5. The molecule has 1 aliphatic heterocycles. The van der Waals surface area contributed by atoms with Crippen molar-refractivity contribution in [1.82, 2.24) is 10.3 Å². The van der Waals surface area contributed by atoms with Gasteiger partial charge in [0.05, 0.1) is 24.7 Å². The van der Waals surface area contributed by atoms with Crippen molar-refractivity contribution in [3.8, 4) is 5.75 Å². The summed E-state index contributed by atoms with van der Waals surface area (Å²) in [5, 5.41) is 3.61. The summed E-state index contributed by atoms with van der Waals surface area (Å²) in [6, 6.07) is 10.7. The molecule has 5 nitrogen and oxygen atoms in total. The number of methoxy groups -OCH3 is 1. The van der Waals surface area contributed by atoms with E-state index in [2.05, 4.69) is 27.3 Å². The van der Waals surface area contributed by atoms with Gasteiger partial charge in [-0.05, 0) is 36.6 Å². The molecule has 3 N–H and O–H groups in total. The summed E-state index contributed by atoms with van der Waals surface area (Å²) in [5.41, 5.74) is 9.00. The van der Waals surface area contributed by atoms with Gasteiger partial charge in [-0.15, -0.1) is 0 Å². The zero-order chi connectivity index (χ0) is 16.1. The van der Waals surface area contributed by atoms with Crippen LogP contribution in [0.15, 0.2) is 42.7 Å². The van der Waals surface area contributed by atoms with E-state index >= 15 is 0 Å². The monoisotopic (exact) mass is 312 g/mol. The maximum absolute atomic E-state index is 5.94. The number of pyridine rings is 1. The van der Waals surface area contributed by atoms with Crippen LogP contribution < -0.4 is 20.7 Å². The van der Waals surface area contributed by atoms with Gasteiger partial charge in [0.15, 0.2) is 0 Å². The molecule has 1 aliphatic rings. The van der Waals surface area contributed by atoms with Gasteiger partial charge < -0.3 is 20.7 Å². The maximum atomic E-state index is 5.94. The lowest BCUT2D eigenvalue weighted by atomic mass is 10.0. The quantitative estimate of drug-likeness (QED) is 0.888. The van der Waals surface area contributed by atoms with E-state index in [0.29, 0.717) is 6.04 Å².